The largest absolute Gasteiger partial charge is 0.496 e. The molecule has 0 aliphatic heterocycles. The average Bonchev–Trinajstić information content (AvgIpc) is 3.40. The number of benzene rings is 1. The van der Waals surface area contributed by atoms with Crippen molar-refractivity contribution in [3.8, 4) is 5.75 Å². The van der Waals surface area contributed by atoms with Gasteiger partial charge >= 0.3 is 11.7 Å². The lowest BCUT2D eigenvalue weighted by molar-refractivity contribution is -0.116. The number of hydrogen-bond donors (Lipinski definition) is 2. The molecule has 3 rings (SSSR count). The highest BCUT2D eigenvalue weighted by Gasteiger charge is 2.23. The van der Waals surface area contributed by atoms with Gasteiger partial charge in [0.15, 0.2) is 5.82 Å². The molecule has 2 amide bonds. The Balaban J connectivity index is 0.000000273. The van der Waals surface area contributed by atoms with Gasteiger partial charge in [0.1, 0.15) is 11.6 Å². The fraction of sp³-hybridized carbons (Fsp3) is 0.462. The lowest BCUT2D eigenvalue weighted by Gasteiger charge is -2.25. The lowest BCUT2D eigenvalue weighted by atomic mass is 10.1. The molecule has 0 spiro atoms. The van der Waals surface area contributed by atoms with Crippen LogP contribution in [0.3, 0.4) is 0 Å². The number of carbonyl (C=O) groups excluding carboxylic acids is 2. The Morgan fingerprint density at radius 2 is 1.82 bits per heavy atom. The maximum Gasteiger partial charge on any atom is 0.373 e. The molecule has 0 bridgehead atoms. The molecule has 0 saturated heterocycles. The quantitative estimate of drug-likeness (QED) is 0.338. The van der Waals surface area contributed by atoms with E-state index < -0.39 is 17.3 Å². The second-order valence-corrected chi connectivity index (χ2v) is 11.3. The van der Waals surface area contributed by atoms with Crippen LogP contribution in [-0.4, -0.2) is 44.9 Å². The summed E-state index contributed by atoms with van der Waals surface area (Å²) in [7, 11) is 1.64. The summed E-state index contributed by atoms with van der Waals surface area (Å²) in [5, 5.41) is 8.53. The van der Waals surface area contributed by atoms with Crippen molar-refractivity contribution in [2.45, 2.75) is 66.5 Å². The Hall–Kier alpha value is -3.31. The number of thiophene rings is 1. The number of nitrogens with zero attached hydrogens (tertiary/aromatic N) is 4. The number of aromatic nitrogens is 3. The Bertz CT molecular complexity index is 1300. The number of rotatable bonds is 6. The van der Waals surface area contributed by atoms with Crippen LogP contribution in [0, 0.1) is 13.8 Å². The minimum Gasteiger partial charge on any atom is -0.496 e. The van der Waals surface area contributed by atoms with Crippen molar-refractivity contribution in [1.29, 1.82) is 0 Å². The van der Waals surface area contributed by atoms with Crippen molar-refractivity contribution in [3.05, 3.63) is 62.0 Å². The van der Waals surface area contributed by atoms with Crippen molar-refractivity contribution in [2.75, 3.05) is 23.7 Å². The first-order valence-electron chi connectivity index (χ1n) is 12.0. The van der Waals surface area contributed by atoms with Crippen molar-refractivity contribution in [2.24, 2.45) is 0 Å². The van der Waals surface area contributed by atoms with E-state index in [1.807, 2.05) is 78.1 Å². The minimum absolute atomic E-state index is 0.0311. The molecule has 10 nitrogen and oxygen atoms in total. The topological polar surface area (TPSA) is 124 Å². The maximum absolute atomic E-state index is 12.3. The Morgan fingerprint density at radius 1 is 1.21 bits per heavy atom. The zero-order valence-electron chi connectivity index (χ0n) is 23.2. The van der Waals surface area contributed by atoms with Gasteiger partial charge in [-0.2, -0.15) is 4.68 Å². The van der Waals surface area contributed by atoms with Crippen LogP contribution >= 0.6 is 22.9 Å². The number of ether oxygens (including phenoxy) is 1. The van der Waals surface area contributed by atoms with Crippen LogP contribution in [0.15, 0.2) is 34.4 Å². The first-order valence-corrected chi connectivity index (χ1v) is 13.5. The van der Waals surface area contributed by atoms with Gasteiger partial charge in [-0.25, -0.2) is 9.59 Å². The van der Waals surface area contributed by atoms with E-state index in [1.165, 1.54) is 0 Å². The van der Waals surface area contributed by atoms with Gasteiger partial charge in [0, 0.05) is 17.1 Å². The number of carbonyl (C=O) groups is 2. The molecular formula is C26H37ClN6O4S. The predicted octanol–water partition coefficient (Wildman–Crippen LogP) is 4.38. The van der Waals surface area contributed by atoms with Crippen LogP contribution in [0.4, 0.5) is 10.5 Å². The number of anilines is 1. The summed E-state index contributed by atoms with van der Waals surface area (Å²) in [6.45, 7) is 13.6. The Kier molecular flexibility index (Phi) is 10.5. The molecule has 0 atom stereocenters. The first kappa shape index (κ1) is 30.9. The van der Waals surface area contributed by atoms with Crippen molar-refractivity contribution < 1.29 is 14.3 Å². The van der Waals surface area contributed by atoms with Crippen LogP contribution in [0.1, 0.15) is 62.4 Å². The first-order chi connectivity index (χ1) is 17.7. The van der Waals surface area contributed by atoms with Gasteiger partial charge in [-0.3, -0.25) is 4.79 Å². The Labute approximate surface area is 232 Å². The molecule has 0 radical (unpaired) electrons. The molecule has 12 heteroatoms. The predicted molar refractivity (Wildman–Crippen MR) is 153 cm³/mol. The summed E-state index contributed by atoms with van der Waals surface area (Å²) in [6, 6.07) is 7.33. The number of nitrogen functional groups attached to an aromatic ring is 1. The summed E-state index contributed by atoms with van der Waals surface area (Å²) < 4.78 is 6.98. The number of nitrogens with one attached hydrogen (secondary N) is 1. The third-order valence-electron chi connectivity index (χ3n) is 5.38. The number of aryl methyl sites for hydroxylation is 2. The molecule has 1 aromatic carbocycles. The summed E-state index contributed by atoms with van der Waals surface area (Å²) >= 11 is 7.37. The van der Waals surface area contributed by atoms with E-state index in [2.05, 4.69) is 10.4 Å². The van der Waals surface area contributed by atoms with Crippen LogP contribution in [0.25, 0.3) is 0 Å². The summed E-state index contributed by atoms with van der Waals surface area (Å²) in [5.74, 6) is 6.55. The molecule has 2 heterocycles. The number of alkyl halides is 1. The van der Waals surface area contributed by atoms with Gasteiger partial charge in [0.25, 0.3) is 0 Å². The van der Waals surface area contributed by atoms with Crippen molar-refractivity contribution in [3.63, 3.8) is 0 Å². The van der Waals surface area contributed by atoms with E-state index in [4.69, 9.17) is 22.2 Å². The van der Waals surface area contributed by atoms with Crippen LogP contribution in [-0.2, 0) is 11.3 Å². The fourth-order valence-electron chi connectivity index (χ4n) is 3.66. The van der Waals surface area contributed by atoms with E-state index in [9.17, 15) is 14.4 Å². The van der Waals surface area contributed by atoms with Crippen molar-refractivity contribution >= 4 is 40.6 Å². The monoisotopic (exact) mass is 564 g/mol. The fourth-order valence-corrected chi connectivity index (χ4v) is 4.63. The smallest absolute Gasteiger partial charge is 0.373 e. The highest BCUT2D eigenvalue weighted by atomic mass is 35.5. The maximum atomic E-state index is 12.3. The normalized spacial score (nSPS) is 11.1. The summed E-state index contributed by atoms with van der Waals surface area (Å²) in [5.41, 5.74) is 1.97. The zero-order chi connectivity index (χ0) is 28.8. The third-order valence-corrected chi connectivity index (χ3v) is 6.49. The minimum atomic E-state index is -0.643. The molecule has 0 saturated carbocycles. The lowest BCUT2D eigenvalue weighted by Crippen LogP contribution is -2.47. The van der Waals surface area contributed by atoms with Crippen LogP contribution in [0.2, 0.25) is 0 Å². The van der Waals surface area contributed by atoms with Crippen LogP contribution in [0.5, 0.6) is 5.75 Å². The number of amides is 2. The van der Waals surface area contributed by atoms with E-state index in [0.29, 0.717) is 12.4 Å². The second-order valence-electron chi connectivity index (χ2n) is 10.0. The third kappa shape index (κ3) is 7.61. The number of methoxy groups -OCH3 is 1. The molecule has 0 aliphatic rings. The number of para-hydroxylation sites is 1. The van der Waals surface area contributed by atoms with Crippen molar-refractivity contribution in [1.82, 2.24) is 19.8 Å². The van der Waals surface area contributed by atoms with E-state index >= 15 is 0 Å². The molecule has 0 unspecified atom stereocenters. The molecular weight excluding hydrogens is 528 g/mol. The van der Waals surface area contributed by atoms with E-state index in [1.54, 1.807) is 23.3 Å². The highest BCUT2D eigenvalue weighted by Crippen LogP contribution is 2.31. The second kappa shape index (κ2) is 13.0. The van der Waals surface area contributed by atoms with E-state index in [0.717, 1.165) is 36.8 Å². The summed E-state index contributed by atoms with van der Waals surface area (Å²) in [6.07, 6.45) is 0. The number of hydrogen-bond acceptors (Lipinski definition) is 7. The van der Waals surface area contributed by atoms with Gasteiger partial charge in [0.05, 0.1) is 18.5 Å². The number of nitrogens with two attached hydrogens (primary N) is 1. The van der Waals surface area contributed by atoms with Gasteiger partial charge in [-0.15, -0.1) is 32.7 Å². The average molecular weight is 565 g/mol. The molecule has 3 N–H and O–H groups in total. The van der Waals surface area contributed by atoms with Crippen LogP contribution < -0.4 is 26.5 Å². The molecule has 208 valence electrons. The van der Waals surface area contributed by atoms with Gasteiger partial charge in [-0.1, -0.05) is 32.0 Å². The molecule has 3 aromatic rings. The molecule has 0 fully saturated rings. The highest BCUT2D eigenvalue weighted by molar-refractivity contribution is 7.10. The molecule has 0 aliphatic carbocycles. The van der Waals surface area contributed by atoms with Gasteiger partial charge in [-0.05, 0) is 57.2 Å². The summed E-state index contributed by atoms with van der Waals surface area (Å²) in [4.78, 5) is 38.5. The zero-order valence-corrected chi connectivity index (χ0v) is 24.7. The standard InChI is InChI=1S/C16H18ClNO2S.C10H19N5O2/c1-11-5-4-6-12(2)16(11)18(15(19)9-17)10-14-13(20-3)7-8-21-14;1-6(2)7-13-15(9(17)14(7)11)8(16)12-10(3,4)5/h4-8H,9-10H2,1-3H3;6H,11H2,1-5H3,(H,12,16). The van der Waals surface area contributed by atoms with Gasteiger partial charge in [0.2, 0.25) is 5.91 Å². The van der Waals surface area contributed by atoms with E-state index in [-0.39, 0.29) is 17.7 Å². The number of halogens is 1. The molecule has 38 heavy (non-hydrogen) atoms. The Morgan fingerprint density at radius 3 is 2.29 bits per heavy atom. The SMILES string of the molecule is CC(C)c1nn(C(=O)NC(C)(C)C)c(=O)n1N.COc1ccsc1CN(C(=O)CCl)c1c(C)cccc1C. The molecule has 2 aromatic heterocycles. The van der Waals surface area contributed by atoms with Gasteiger partial charge < -0.3 is 20.8 Å².